The van der Waals surface area contributed by atoms with Gasteiger partial charge in [-0.3, -0.25) is 4.79 Å². The number of rotatable bonds is 3. The number of thiophene rings is 1. The number of fused-ring (bicyclic) bond motifs is 1. The fourth-order valence-corrected chi connectivity index (χ4v) is 4.19. The van der Waals surface area contributed by atoms with Crippen LogP contribution in [-0.2, 0) is 10.8 Å². The van der Waals surface area contributed by atoms with Gasteiger partial charge in [-0.15, -0.1) is 11.3 Å². The van der Waals surface area contributed by atoms with Gasteiger partial charge >= 0.3 is 0 Å². The Kier molecular flexibility index (Phi) is 5.54. The predicted molar refractivity (Wildman–Crippen MR) is 122 cm³/mol. The maximum absolute atomic E-state index is 12.6. The molecule has 29 heavy (non-hydrogen) atoms. The number of phenols is 1. The van der Waals surface area contributed by atoms with Gasteiger partial charge in [0.1, 0.15) is 5.75 Å². The van der Waals surface area contributed by atoms with Crippen molar-refractivity contribution in [2.24, 2.45) is 5.10 Å². The molecule has 2 N–H and O–H groups in total. The van der Waals surface area contributed by atoms with Crippen molar-refractivity contribution in [3.63, 3.8) is 0 Å². The molecule has 3 aromatic rings. The zero-order valence-electron chi connectivity index (χ0n) is 17.8. The smallest absolute Gasteiger partial charge is 0.272 e. The topological polar surface area (TPSA) is 61.7 Å². The van der Waals surface area contributed by atoms with Gasteiger partial charge in [-0.05, 0) is 34.6 Å². The molecule has 3 rings (SSSR count). The first-order chi connectivity index (χ1) is 13.5. The summed E-state index contributed by atoms with van der Waals surface area (Å²) < 4.78 is 1.07. The second kappa shape index (κ2) is 7.64. The molecule has 0 saturated carbocycles. The van der Waals surface area contributed by atoms with Crippen molar-refractivity contribution >= 4 is 33.5 Å². The third-order valence-electron chi connectivity index (χ3n) is 4.85. The SMILES string of the molecule is CC(C)(C)c1cc(/C=N/NC(=O)c2csc3ccccc23)cc(C(C)(C)C)c1O. The molecule has 5 heteroatoms. The Labute approximate surface area is 176 Å². The summed E-state index contributed by atoms with van der Waals surface area (Å²) in [6, 6.07) is 11.7. The number of benzene rings is 2. The molecular formula is C24H28N2O2S. The third-order valence-corrected chi connectivity index (χ3v) is 5.82. The molecule has 2 aromatic carbocycles. The van der Waals surface area contributed by atoms with Gasteiger partial charge in [-0.2, -0.15) is 5.10 Å². The standard InChI is InChI=1S/C24H28N2O2S/c1-23(2,3)18-11-15(12-19(21(18)27)24(4,5)6)13-25-26-22(28)17-14-29-20-10-8-7-9-16(17)20/h7-14,27H,1-6H3,(H,26,28)/b25-13+. The van der Waals surface area contributed by atoms with Crippen molar-refractivity contribution in [2.45, 2.75) is 52.4 Å². The highest BCUT2D eigenvalue weighted by Gasteiger charge is 2.26. The van der Waals surface area contributed by atoms with Gasteiger partial charge < -0.3 is 5.11 Å². The normalized spacial score (nSPS) is 12.6. The van der Waals surface area contributed by atoms with Gasteiger partial charge in [0, 0.05) is 26.6 Å². The Morgan fingerprint density at radius 3 is 2.21 bits per heavy atom. The highest BCUT2D eigenvalue weighted by molar-refractivity contribution is 7.17. The number of hydrazone groups is 1. The summed E-state index contributed by atoms with van der Waals surface area (Å²) in [6.45, 7) is 12.4. The Morgan fingerprint density at radius 2 is 1.62 bits per heavy atom. The number of carbonyl (C=O) groups is 1. The van der Waals surface area contributed by atoms with Gasteiger partial charge in [-0.25, -0.2) is 5.43 Å². The van der Waals surface area contributed by atoms with Gasteiger partial charge in [0.25, 0.3) is 5.91 Å². The van der Waals surface area contributed by atoms with E-state index in [9.17, 15) is 9.90 Å². The zero-order valence-corrected chi connectivity index (χ0v) is 18.6. The van der Waals surface area contributed by atoms with Crippen LogP contribution < -0.4 is 5.43 Å². The molecule has 0 saturated heterocycles. The zero-order chi connectivity index (χ0) is 21.4. The molecular weight excluding hydrogens is 380 g/mol. The average molecular weight is 409 g/mol. The van der Waals surface area contributed by atoms with Crippen LogP contribution in [0.2, 0.25) is 0 Å². The van der Waals surface area contributed by atoms with Gasteiger partial charge in [-0.1, -0.05) is 59.7 Å². The van der Waals surface area contributed by atoms with E-state index in [0.717, 1.165) is 26.8 Å². The van der Waals surface area contributed by atoms with Crippen LogP contribution in [-0.4, -0.2) is 17.2 Å². The van der Waals surface area contributed by atoms with E-state index in [0.29, 0.717) is 11.3 Å². The first-order valence-electron chi connectivity index (χ1n) is 9.66. The minimum Gasteiger partial charge on any atom is -0.507 e. The Hall–Kier alpha value is -2.66. The van der Waals surface area contributed by atoms with E-state index in [-0.39, 0.29) is 16.7 Å². The average Bonchev–Trinajstić information content (AvgIpc) is 3.05. The van der Waals surface area contributed by atoms with Crippen LogP contribution in [0, 0.1) is 0 Å². The molecule has 1 aromatic heterocycles. The van der Waals surface area contributed by atoms with Gasteiger partial charge in [0.2, 0.25) is 0 Å². The molecule has 0 spiro atoms. The lowest BCUT2D eigenvalue weighted by molar-refractivity contribution is 0.0957. The van der Waals surface area contributed by atoms with Crippen LogP contribution in [0.5, 0.6) is 5.75 Å². The lowest BCUT2D eigenvalue weighted by Gasteiger charge is -2.27. The van der Waals surface area contributed by atoms with Crippen LogP contribution >= 0.6 is 11.3 Å². The van der Waals surface area contributed by atoms with Crippen LogP contribution in [0.3, 0.4) is 0 Å². The Morgan fingerprint density at radius 1 is 1.03 bits per heavy atom. The van der Waals surface area contributed by atoms with Crippen molar-refractivity contribution < 1.29 is 9.90 Å². The maximum Gasteiger partial charge on any atom is 0.272 e. The summed E-state index contributed by atoms with van der Waals surface area (Å²) in [6.07, 6.45) is 1.64. The minimum absolute atomic E-state index is 0.216. The molecule has 0 aliphatic carbocycles. The molecule has 152 valence electrons. The second-order valence-corrected chi connectivity index (χ2v) is 10.2. The van der Waals surface area contributed by atoms with Crippen molar-refractivity contribution in [1.82, 2.24) is 5.43 Å². The number of carbonyl (C=O) groups excluding carboxylic acids is 1. The van der Waals surface area contributed by atoms with Crippen LogP contribution in [0.4, 0.5) is 0 Å². The molecule has 0 fully saturated rings. The van der Waals surface area contributed by atoms with E-state index in [1.807, 2.05) is 41.8 Å². The van der Waals surface area contributed by atoms with E-state index < -0.39 is 0 Å². The fraction of sp³-hybridized carbons (Fsp3) is 0.333. The summed E-state index contributed by atoms with van der Waals surface area (Å²) >= 11 is 1.54. The number of aromatic hydroxyl groups is 1. The van der Waals surface area contributed by atoms with Crippen molar-refractivity contribution in [3.8, 4) is 5.75 Å². The minimum atomic E-state index is -0.232. The molecule has 0 unspecified atom stereocenters. The lowest BCUT2D eigenvalue weighted by Crippen LogP contribution is -2.19. The summed E-state index contributed by atoms with van der Waals surface area (Å²) in [5, 5.41) is 17.8. The monoisotopic (exact) mass is 408 g/mol. The summed E-state index contributed by atoms with van der Waals surface area (Å²) in [4.78, 5) is 12.6. The number of nitrogens with one attached hydrogen (secondary N) is 1. The molecule has 1 amide bonds. The van der Waals surface area contributed by atoms with Crippen molar-refractivity contribution in [3.05, 3.63) is 64.0 Å². The summed E-state index contributed by atoms with van der Waals surface area (Å²) in [7, 11) is 0. The number of nitrogens with zero attached hydrogens (tertiary/aromatic N) is 1. The van der Waals surface area contributed by atoms with E-state index >= 15 is 0 Å². The Bertz CT molecular complexity index is 1050. The van der Waals surface area contributed by atoms with Crippen molar-refractivity contribution in [1.29, 1.82) is 0 Å². The van der Waals surface area contributed by atoms with Crippen LogP contribution in [0.15, 0.2) is 46.9 Å². The third kappa shape index (κ3) is 4.51. The van der Waals surface area contributed by atoms with E-state index in [1.165, 1.54) is 0 Å². The highest BCUT2D eigenvalue weighted by Crippen LogP contribution is 2.39. The molecule has 4 nitrogen and oxygen atoms in total. The fourth-order valence-electron chi connectivity index (χ4n) is 3.25. The van der Waals surface area contributed by atoms with Crippen molar-refractivity contribution in [2.75, 3.05) is 0 Å². The number of amides is 1. The number of hydrogen-bond donors (Lipinski definition) is 2. The number of phenolic OH excluding ortho intramolecular Hbond substituents is 1. The molecule has 0 aliphatic rings. The molecule has 0 atom stereocenters. The van der Waals surface area contributed by atoms with E-state index in [4.69, 9.17) is 0 Å². The van der Waals surface area contributed by atoms with E-state index in [2.05, 4.69) is 52.1 Å². The maximum atomic E-state index is 12.6. The second-order valence-electron chi connectivity index (χ2n) is 9.31. The first kappa shape index (κ1) is 21.1. The number of hydrogen-bond acceptors (Lipinski definition) is 4. The molecule has 1 heterocycles. The predicted octanol–water partition coefficient (Wildman–Crippen LogP) is 5.97. The first-order valence-corrected chi connectivity index (χ1v) is 10.5. The van der Waals surface area contributed by atoms with Gasteiger partial charge in [0.15, 0.2) is 0 Å². The van der Waals surface area contributed by atoms with Crippen LogP contribution in [0.25, 0.3) is 10.1 Å². The van der Waals surface area contributed by atoms with Crippen LogP contribution in [0.1, 0.15) is 68.6 Å². The molecule has 0 bridgehead atoms. The quantitative estimate of drug-likeness (QED) is 0.414. The highest BCUT2D eigenvalue weighted by atomic mass is 32.1. The largest absolute Gasteiger partial charge is 0.507 e. The molecule has 0 aliphatic heterocycles. The lowest BCUT2D eigenvalue weighted by atomic mass is 9.78. The van der Waals surface area contributed by atoms with Gasteiger partial charge in [0.05, 0.1) is 11.8 Å². The summed E-state index contributed by atoms with van der Waals surface area (Å²) in [5.74, 6) is 0.0977. The molecule has 0 radical (unpaired) electrons. The summed E-state index contributed by atoms with van der Waals surface area (Å²) in [5.41, 5.74) is 5.39. The van der Waals surface area contributed by atoms with E-state index in [1.54, 1.807) is 17.6 Å². The Balaban J connectivity index is 1.89.